The molecule has 0 spiro atoms. The number of likely N-dealkylation sites (tertiary alicyclic amines) is 1. The van der Waals surface area contributed by atoms with Crippen LogP contribution in [0.15, 0.2) is 30.3 Å². The van der Waals surface area contributed by atoms with Crippen molar-refractivity contribution in [2.24, 2.45) is 11.8 Å². The molecule has 2 atom stereocenters. The van der Waals surface area contributed by atoms with Gasteiger partial charge in [-0.3, -0.25) is 13.9 Å². The van der Waals surface area contributed by atoms with E-state index in [1.54, 1.807) is 0 Å². The number of nitrogens with zero attached hydrogens (tertiary/aromatic N) is 1. The van der Waals surface area contributed by atoms with Crippen molar-refractivity contribution in [3.63, 3.8) is 0 Å². The van der Waals surface area contributed by atoms with E-state index in [1.807, 2.05) is 19.9 Å². The van der Waals surface area contributed by atoms with Crippen molar-refractivity contribution >= 4 is 7.75 Å². The summed E-state index contributed by atoms with van der Waals surface area (Å²) in [6.07, 6.45) is 3.75. The van der Waals surface area contributed by atoms with Crippen LogP contribution in [0.3, 0.4) is 0 Å². The van der Waals surface area contributed by atoms with Gasteiger partial charge in [-0.05, 0) is 57.1 Å². The maximum absolute atomic E-state index is 13.0. The van der Waals surface area contributed by atoms with Crippen LogP contribution in [0.4, 0.5) is 0 Å². The molecule has 3 rings (SSSR count). The van der Waals surface area contributed by atoms with E-state index in [0.29, 0.717) is 19.1 Å². The largest absolute Gasteiger partial charge is 0.405 e. The number of benzene rings is 1. The molecule has 25 heavy (non-hydrogen) atoms. The van der Waals surface area contributed by atoms with Gasteiger partial charge >= 0.3 is 7.75 Å². The van der Waals surface area contributed by atoms with E-state index >= 15 is 0 Å². The molecule has 5 nitrogen and oxygen atoms in total. The van der Waals surface area contributed by atoms with Crippen LogP contribution >= 0.6 is 7.75 Å². The number of hydrogen-bond donors (Lipinski definition) is 1. The van der Waals surface area contributed by atoms with Crippen LogP contribution in [-0.4, -0.2) is 37.2 Å². The Hall–Kier alpha value is -0.710. The summed E-state index contributed by atoms with van der Waals surface area (Å²) in [6, 6.07) is 10.7. The summed E-state index contributed by atoms with van der Waals surface area (Å²) in [6.45, 7) is 7.41. The maximum atomic E-state index is 13.0. The monoisotopic (exact) mass is 366 g/mol. The highest BCUT2D eigenvalue weighted by Crippen LogP contribution is 2.48. The van der Waals surface area contributed by atoms with Crippen LogP contribution in [0, 0.1) is 11.8 Å². The third-order valence-electron chi connectivity index (χ3n) is 5.15. The molecular formula is C19H31N2O3P. The van der Waals surface area contributed by atoms with Gasteiger partial charge in [0.15, 0.2) is 0 Å². The fourth-order valence-electron chi connectivity index (χ4n) is 3.90. The van der Waals surface area contributed by atoms with Gasteiger partial charge in [0.25, 0.3) is 0 Å². The molecule has 1 aliphatic carbocycles. The topological polar surface area (TPSA) is 50.8 Å². The second-order valence-corrected chi connectivity index (χ2v) is 8.85. The van der Waals surface area contributed by atoms with E-state index in [9.17, 15) is 4.57 Å². The Morgan fingerprint density at radius 1 is 1.12 bits per heavy atom. The fourth-order valence-corrected chi connectivity index (χ4v) is 5.49. The van der Waals surface area contributed by atoms with Gasteiger partial charge in [0.2, 0.25) is 0 Å². The zero-order chi connectivity index (χ0) is 17.7. The second kappa shape index (κ2) is 8.79. The molecule has 6 heteroatoms. The normalized spacial score (nSPS) is 25.2. The third-order valence-corrected chi connectivity index (χ3v) is 6.99. The van der Waals surface area contributed by atoms with Crippen molar-refractivity contribution in [1.82, 2.24) is 9.99 Å². The predicted molar refractivity (Wildman–Crippen MR) is 100 cm³/mol. The van der Waals surface area contributed by atoms with Gasteiger partial charge < -0.3 is 0 Å². The lowest BCUT2D eigenvalue weighted by Gasteiger charge is -2.40. The van der Waals surface area contributed by atoms with Crippen molar-refractivity contribution in [2.75, 3.05) is 26.3 Å². The summed E-state index contributed by atoms with van der Waals surface area (Å²) in [4.78, 5) is 2.45. The fraction of sp³-hybridized carbons (Fsp3) is 0.684. The van der Waals surface area contributed by atoms with E-state index in [0.717, 1.165) is 32.0 Å². The van der Waals surface area contributed by atoms with Crippen molar-refractivity contribution in [3.8, 4) is 0 Å². The highest BCUT2D eigenvalue weighted by atomic mass is 31.2. The summed E-state index contributed by atoms with van der Waals surface area (Å²) < 4.78 is 23.9. The molecule has 0 bridgehead atoms. The van der Waals surface area contributed by atoms with Crippen LogP contribution in [0.25, 0.3) is 0 Å². The molecule has 1 aliphatic heterocycles. The van der Waals surface area contributed by atoms with Gasteiger partial charge in [-0.2, -0.15) is 0 Å². The minimum absolute atomic E-state index is 0.161. The van der Waals surface area contributed by atoms with E-state index in [4.69, 9.17) is 9.05 Å². The number of hydrogen-bond acceptors (Lipinski definition) is 4. The standard InChI is InChI=1S/C19H31N2O3P/c1-3-23-25(22,24-4-2)20-19-15-21(13-12-18(19)17-10-11-17)14-16-8-6-5-7-9-16/h5-9,17-19H,3-4,10-15H2,1-2H3,(H,20,22)/t18-,19+/m1/s1. The smallest absolute Gasteiger partial charge is 0.298 e. The van der Waals surface area contributed by atoms with Crippen LogP contribution < -0.4 is 5.09 Å². The summed E-state index contributed by atoms with van der Waals surface area (Å²) in [5.41, 5.74) is 1.32. The van der Waals surface area contributed by atoms with Gasteiger partial charge in [-0.1, -0.05) is 30.3 Å². The van der Waals surface area contributed by atoms with Gasteiger partial charge in [-0.25, -0.2) is 9.65 Å². The molecule has 1 saturated heterocycles. The number of rotatable bonds is 9. The Morgan fingerprint density at radius 3 is 2.40 bits per heavy atom. The number of piperidine rings is 1. The van der Waals surface area contributed by atoms with Gasteiger partial charge in [0, 0.05) is 19.1 Å². The Balaban J connectivity index is 1.67. The lowest BCUT2D eigenvalue weighted by molar-refractivity contribution is 0.121. The Morgan fingerprint density at radius 2 is 1.80 bits per heavy atom. The zero-order valence-corrected chi connectivity index (χ0v) is 16.3. The predicted octanol–water partition coefficient (Wildman–Crippen LogP) is 4.06. The van der Waals surface area contributed by atoms with E-state index in [-0.39, 0.29) is 6.04 Å². The molecule has 2 fully saturated rings. The molecule has 0 amide bonds. The summed E-state index contributed by atoms with van der Waals surface area (Å²) in [5, 5.41) is 3.29. The van der Waals surface area contributed by atoms with Crippen molar-refractivity contribution in [3.05, 3.63) is 35.9 Å². The van der Waals surface area contributed by atoms with E-state index in [2.05, 4.69) is 34.3 Å². The quantitative estimate of drug-likeness (QED) is 0.668. The maximum Gasteiger partial charge on any atom is 0.405 e. The summed E-state index contributed by atoms with van der Waals surface area (Å²) in [5.74, 6) is 1.34. The first-order valence-electron chi connectivity index (χ1n) is 9.56. The van der Waals surface area contributed by atoms with Crippen LogP contribution in [-0.2, 0) is 20.2 Å². The van der Waals surface area contributed by atoms with Gasteiger partial charge in [-0.15, -0.1) is 0 Å². The lowest BCUT2D eigenvalue weighted by atomic mass is 9.88. The third kappa shape index (κ3) is 5.38. The van der Waals surface area contributed by atoms with E-state index < -0.39 is 7.75 Å². The average Bonchev–Trinajstić information content (AvgIpc) is 3.41. The highest BCUT2D eigenvalue weighted by molar-refractivity contribution is 7.51. The van der Waals surface area contributed by atoms with E-state index in [1.165, 1.54) is 18.4 Å². The Labute approximate surface area is 151 Å². The van der Waals surface area contributed by atoms with Gasteiger partial charge in [0.1, 0.15) is 0 Å². The van der Waals surface area contributed by atoms with Crippen LogP contribution in [0.5, 0.6) is 0 Å². The Bertz CT molecular complexity index is 569. The molecule has 1 saturated carbocycles. The lowest BCUT2D eigenvalue weighted by Crippen LogP contribution is -2.50. The summed E-state index contributed by atoms with van der Waals surface area (Å²) >= 11 is 0. The van der Waals surface area contributed by atoms with Crippen LogP contribution in [0.2, 0.25) is 0 Å². The molecule has 0 radical (unpaired) electrons. The van der Waals surface area contributed by atoms with Crippen LogP contribution in [0.1, 0.15) is 38.7 Å². The summed E-state index contributed by atoms with van der Waals surface area (Å²) in [7, 11) is -3.22. The molecule has 1 aromatic rings. The Kier molecular flexibility index (Phi) is 6.70. The molecule has 0 aromatic heterocycles. The molecule has 1 aromatic carbocycles. The average molecular weight is 366 g/mol. The highest BCUT2D eigenvalue weighted by Gasteiger charge is 2.42. The minimum Gasteiger partial charge on any atom is -0.298 e. The van der Waals surface area contributed by atoms with Gasteiger partial charge in [0.05, 0.1) is 13.2 Å². The molecule has 1 heterocycles. The molecule has 1 N–H and O–H groups in total. The molecule has 140 valence electrons. The van der Waals surface area contributed by atoms with Crippen molar-refractivity contribution in [1.29, 1.82) is 0 Å². The minimum atomic E-state index is -3.22. The first kappa shape index (κ1) is 19.1. The first-order valence-corrected chi connectivity index (χ1v) is 11.1. The molecular weight excluding hydrogens is 335 g/mol. The van der Waals surface area contributed by atoms with Crippen molar-refractivity contribution < 1.29 is 13.6 Å². The zero-order valence-electron chi connectivity index (χ0n) is 15.4. The molecule has 2 aliphatic rings. The first-order chi connectivity index (χ1) is 12.1. The molecule has 0 unspecified atom stereocenters. The SMILES string of the molecule is CCOP(=O)(N[C@H]1CN(Cc2ccccc2)CC[C@@H]1C1CC1)OCC. The number of nitrogens with one attached hydrogen (secondary N) is 1. The van der Waals surface area contributed by atoms with Crippen molar-refractivity contribution in [2.45, 2.75) is 45.7 Å². The second-order valence-electron chi connectivity index (χ2n) is 7.08.